The number of rotatable bonds is 7. The first-order chi connectivity index (χ1) is 27.7. The Morgan fingerprint density at radius 2 is 0.911 bits per heavy atom. The van der Waals surface area contributed by atoms with Crippen molar-refractivity contribution < 1.29 is 4.42 Å². The summed E-state index contributed by atoms with van der Waals surface area (Å²) in [6, 6.07) is 70.6. The first-order valence-electron chi connectivity index (χ1n) is 19.8. The van der Waals surface area contributed by atoms with Gasteiger partial charge in [-0.15, -0.1) is 0 Å². The molecule has 0 amide bonds. The van der Waals surface area contributed by atoms with Crippen LogP contribution in [-0.4, -0.2) is 0 Å². The maximum absolute atomic E-state index is 6.40. The molecule has 0 fully saturated rings. The van der Waals surface area contributed by atoms with Crippen LogP contribution in [0.4, 0.5) is 34.1 Å². The van der Waals surface area contributed by atoms with Gasteiger partial charge in [-0.05, 0) is 126 Å². The van der Waals surface area contributed by atoms with Crippen LogP contribution >= 0.6 is 0 Å². The lowest BCUT2D eigenvalue weighted by atomic mass is 9.76. The van der Waals surface area contributed by atoms with Crippen LogP contribution in [0.3, 0.4) is 0 Å². The minimum Gasteiger partial charge on any atom is -0.456 e. The molecule has 0 saturated carbocycles. The molecule has 1 aromatic heterocycles. The Bertz CT molecular complexity index is 2880. The van der Waals surface area contributed by atoms with Crippen molar-refractivity contribution in [2.75, 3.05) is 9.80 Å². The minimum absolute atomic E-state index is 0.0525. The van der Waals surface area contributed by atoms with Gasteiger partial charge in [0.15, 0.2) is 0 Å². The number of furan rings is 1. The van der Waals surface area contributed by atoms with Crippen LogP contribution in [0.1, 0.15) is 35.1 Å². The summed E-state index contributed by atoms with van der Waals surface area (Å²) >= 11 is 0. The molecule has 2 aliphatic rings. The van der Waals surface area contributed by atoms with Crippen molar-refractivity contribution >= 4 is 56.1 Å². The molecule has 0 saturated heterocycles. The Labute approximate surface area is 327 Å². The number of benzene rings is 8. The van der Waals surface area contributed by atoms with Crippen molar-refractivity contribution in [3.05, 3.63) is 216 Å². The summed E-state index contributed by atoms with van der Waals surface area (Å²) in [5.41, 5.74) is 16.9. The summed E-state index contributed by atoms with van der Waals surface area (Å²) in [5, 5.41) is 2.29. The van der Waals surface area contributed by atoms with Crippen molar-refractivity contribution in [1.29, 1.82) is 0 Å². The van der Waals surface area contributed by atoms with Gasteiger partial charge in [0.05, 0.1) is 5.69 Å². The van der Waals surface area contributed by atoms with Gasteiger partial charge in [-0.2, -0.15) is 0 Å². The quantitative estimate of drug-likeness (QED) is 0.163. The molecule has 1 spiro atoms. The molecule has 0 aliphatic heterocycles. The summed E-state index contributed by atoms with van der Waals surface area (Å²) < 4.78 is 6.40. The highest BCUT2D eigenvalue weighted by Gasteiger charge is 2.45. The third kappa shape index (κ3) is 5.26. The van der Waals surface area contributed by atoms with Gasteiger partial charge in [0.1, 0.15) is 11.2 Å². The van der Waals surface area contributed by atoms with Gasteiger partial charge in [0.25, 0.3) is 0 Å². The summed E-state index contributed by atoms with van der Waals surface area (Å²) in [7, 11) is 0. The smallest absolute Gasteiger partial charge is 0.137 e. The van der Waals surface area contributed by atoms with Crippen molar-refractivity contribution in [3.63, 3.8) is 0 Å². The van der Waals surface area contributed by atoms with Gasteiger partial charge in [0.2, 0.25) is 0 Å². The normalized spacial score (nSPS) is 15.6. The van der Waals surface area contributed by atoms with Crippen LogP contribution in [0, 0.1) is 0 Å². The molecule has 268 valence electrons. The van der Waals surface area contributed by atoms with Crippen molar-refractivity contribution in [2.45, 2.75) is 31.1 Å². The van der Waals surface area contributed by atoms with E-state index < -0.39 is 0 Å². The molecular formula is C53H40N2O. The Kier molecular flexibility index (Phi) is 7.67. The van der Waals surface area contributed by atoms with E-state index >= 15 is 0 Å². The average Bonchev–Trinajstić information content (AvgIpc) is 3.95. The van der Waals surface area contributed by atoms with E-state index in [1.54, 1.807) is 0 Å². The fourth-order valence-electron chi connectivity index (χ4n) is 9.65. The van der Waals surface area contributed by atoms with E-state index in [0.29, 0.717) is 0 Å². The lowest BCUT2D eigenvalue weighted by Gasteiger charge is -2.32. The van der Waals surface area contributed by atoms with Crippen LogP contribution in [0.2, 0.25) is 0 Å². The predicted molar refractivity (Wildman–Crippen MR) is 232 cm³/mol. The second-order valence-electron chi connectivity index (χ2n) is 15.3. The summed E-state index contributed by atoms with van der Waals surface area (Å²) in [4.78, 5) is 4.84. The van der Waals surface area contributed by atoms with Gasteiger partial charge < -0.3 is 14.2 Å². The van der Waals surface area contributed by atoms with Gasteiger partial charge >= 0.3 is 0 Å². The highest BCUT2D eigenvalue weighted by molar-refractivity contribution is 6.06. The lowest BCUT2D eigenvalue weighted by molar-refractivity contribution is 0.507. The zero-order valence-electron chi connectivity index (χ0n) is 31.1. The molecule has 11 rings (SSSR count). The second-order valence-corrected chi connectivity index (χ2v) is 15.3. The number of hydrogen-bond donors (Lipinski definition) is 0. The van der Waals surface area contributed by atoms with Gasteiger partial charge in [-0.1, -0.05) is 115 Å². The highest BCUT2D eigenvalue weighted by Crippen LogP contribution is 2.55. The lowest BCUT2D eigenvalue weighted by Crippen LogP contribution is -2.22. The average molecular weight is 721 g/mol. The van der Waals surface area contributed by atoms with Crippen LogP contribution in [-0.2, 0) is 18.3 Å². The molecule has 3 nitrogen and oxygen atoms in total. The van der Waals surface area contributed by atoms with E-state index in [0.717, 1.165) is 64.7 Å². The predicted octanol–water partition coefficient (Wildman–Crippen LogP) is 14.4. The number of para-hydroxylation sites is 4. The SMILES string of the molecule is c1ccc(-c2ccccc2N(c2ccccc2)c2ccc3c(c2)[C@]2(CCc4ccc(N(c5ccccc5)c5ccc6c(c5)oc5ccccc56)cc42)CC3)cc1. The van der Waals surface area contributed by atoms with E-state index in [1.165, 1.54) is 50.4 Å². The maximum atomic E-state index is 6.40. The van der Waals surface area contributed by atoms with E-state index in [2.05, 4.69) is 198 Å². The number of nitrogens with zero attached hydrogens (tertiary/aromatic N) is 2. The topological polar surface area (TPSA) is 19.6 Å². The third-order valence-corrected chi connectivity index (χ3v) is 12.3. The number of anilines is 6. The number of fused-ring (bicyclic) bond motifs is 7. The van der Waals surface area contributed by atoms with Crippen molar-refractivity contribution in [3.8, 4) is 11.1 Å². The number of hydrogen-bond acceptors (Lipinski definition) is 3. The second kappa shape index (κ2) is 13.2. The van der Waals surface area contributed by atoms with Gasteiger partial charge in [0, 0.05) is 56.3 Å². The molecule has 0 bridgehead atoms. The zero-order chi connectivity index (χ0) is 37.1. The Hall–Kier alpha value is -6.84. The van der Waals surface area contributed by atoms with E-state index in [9.17, 15) is 0 Å². The molecule has 0 N–H and O–H groups in total. The fraction of sp³-hybridized carbons (Fsp3) is 0.0943. The Morgan fingerprint density at radius 3 is 1.61 bits per heavy atom. The van der Waals surface area contributed by atoms with Crippen molar-refractivity contribution in [2.24, 2.45) is 0 Å². The first kappa shape index (κ1) is 32.6. The van der Waals surface area contributed by atoms with Gasteiger partial charge in [-0.3, -0.25) is 0 Å². The molecular weight excluding hydrogens is 681 g/mol. The third-order valence-electron chi connectivity index (χ3n) is 12.3. The molecule has 1 heterocycles. The van der Waals surface area contributed by atoms with Crippen LogP contribution in [0.15, 0.2) is 199 Å². The monoisotopic (exact) mass is 720 g/mol. The largest absolute Gasteiger partial charge is 0.456 e. The van der Waals surface area contributed by atoms with Crippen LogP contribution in [0.5, 0.6) is 0 Å². The fourth-order valence-corrected chi connectivity index (χ4v) is 9.65. The molecule has 0 radical (unpaired) electrons. The van der Waals surface area contributed by atoms with Crippen LogP contribution in [0.25, 0.3) is 33.1 Å². The van der Waals surface area contributed by atoms with E-state index in [-0.39, 0.29) is 5.41 Å². The van der Waals surface area contributed by atoms with E-state index in [4.69, 9.17) is 4.42 Å². The standard InChI is InChI=1S/C53H40N2O/c1-4-14-37(15-5-1)45-20-10-12-22-50(45)55(41-18-8-3-9-19-41)43-27-25-39-31-33-53(49(39)35-43)32-30-38-24-26-42(34-48(38)53)54(40-16-6-2-7-17-40)44-28-29-47-46-21-11-13-23-51(46)56-52(47)36-44/h1-29,34-36H,30-33H2/t53-/m1/s1. The number of aryl methyl sites for hydroxylation is 2. The van der Waals surface area contributed by atoms with Crippen molar-refractivity contribution in [1.82, 2.24) is 0 Å². The molecule has 1 atom stereocenters. The summed E-state index contributed by atoms with van der Waals surface area (Å²) in [6.45, 7) is 0. The van der Waals surface area contributed by atoms with Crippen LogP contribution < -0.4 is 9.80 Å². The summed E-state index contributed by atoms with van der Waals surface area (Å²) in [6.07, 6.45) is 4.39. The maximum Gasteiger partial charge on any atom is 0.137 e. The molecule has 8 aromatic carbocycles. The Morgan fingerprint density at radius 1 is 0.393 bits per heavy atom. The van der Waals surface area contributed by atoms with E-state index in [1.807, 2.05) is 6.07 Å². The van der Waals surface area contributed by atoms with Gasteiger partial charge in [-0.25, -0.2) is 0 Å². The summed E-state index contributed by atoms with van der Waals surface area (Å²) in [5.74, 6) is 0. The highest BCUT2D eigenvalue weighted by atomic mass is 16.3. The minimum atomic E-state index is -0.0525. The first-order valence-corrected chi connectivity index (χ1v) is 19.8. The Balaban J connectivity index is 1.05. The molecule has 2 aliphatic carbocycles. The molecule has 0 unspecified atom stereocenters. The molecule has 56 heavy (non-hydrogen) atoms. The molecule has 3 heteroatoms. The molecule has 9 aromatic rings. The zero-order valence-corrected chi connectivity index (χ0v) is 31.1.